The molecule has 0 aliphatic heterocycles. The highest BCUT2D eigenvalue weighted by Gasteiger charge is 2.13. The van der Waals surface area contributed by atoms with Crippen molar-refractivity contribution in [2.24, 2.45) is 5.92 Å². The molecular weight excluding hydrogens is 434 g/mol. The predicted octanol–water partition coefficient (Wildman–Crippen LogP) is 4.45. The Labute approximate surface area is 188 Å². The van der Waals surface area contributed by atoms with Crippen molar-refractivity contribution >= 4 is 34.0 Å². The molecule has 31 heavy (non-hydrogen) atoms. The molecule has 0 N–H and O–H groups in total. The Morgan fingerprint density at radius 2 is 2.03 bits per heavy atom. The molecule has 2 heterocycles. The van der Waals surface area contributed by atoms with Gasteiger partial charge in [0.25, 0.3) is 5.56 Å². The summed E-state index contributed by atoms with van der Waals surface area (Å²) >= 11 is 7.34. The quantitative estimate of drug-likeness (QED) is 0.412. The molecule has 0 bridgehead atoms. The first kappa shape index (κ1) is 21.3. The summed E-state index contributed by atoms with van der Waals surface area (Å²) in [5.41, 5.74) is 1.40. The predicted molar refractivity (Wildman–Crippen MR) is 124 cm³/mol. The van der Waals surface area contributed by atoms with Gasteiger partial charge in [-0.05, 0) is 48.2 Å². The fourth-order valence-corrected chi connectivity index (χ4v) is 4.13. The maximum Gasteiger partial charge on any atom is 0.291 e. The van der Waals surface area contributed by atoms with E-state index in [0.717, 1.165) is 17.5 Å². The minimum absolute atomic E-state index is 0.211. The molecule has 0 atom stereocenters. The van der Waals surface area contributed by atoms with Crippen LogP contribution in [0.15, 0.2) is 47.3 Å². The molecule has 160 valence electrons. The van der Waals surface area contributed by atoms with Crippen LogP contribution in [0.3, 0.4) is 0 Å². The molecule has 0 aliphatic rings. The standard InChI is InChI=1S/C23H22ClN3O3S/c1-14(2)9-10-30-18-8-7-15(11-19(18)29-3)12-20-22(28)27-23(31-20)25-21(26-27)16-5-4-6-17(24)13-16/h4-8,11-14H,9-10H2,1-3H3. The Bertz CT molecular complexity index is 1330. The number of ether oxygens (including phenoxy) is 2. The molecule has 6 nitrogen and oxygen atoms in total. The summed E-state index contributed by atoms with van der Waals surface area (Å²) in [5.74, 6) is 2.37. The van der Waals surface area contributed by atoms with Gasteiger partial charge in [-0.25, -0.2) is 0 Å². The minimum atomic E-state index is -0.211. The van der Waals surface area contributed by atoms with Crippen molar-refractivity contribution in [1.82, 2.24) is 14.6 Å². The van der Waals surface area contributed by atoms with Crippen LogP contribution in [-0.2, 0) is 0 Å². The van der Waals surface area contributed by atoms with Gasteiger partial charge in [-0.15, -0.1) is 5.10 Å². The maximum absolute atomic E-state index is 12.8. The molecule has 0 saturated heterocycles. The van der Waals surface area contributed by atoms with E-state index in [-0.39, 0.29) is 5.56 Å². The highest BCUT2D eigenvalue weighted by atomic mass is 35.5. The van der Waals surface area contributed by atoms with Gasteiger partial charge in [0.05, 0.1) is 18.2 Å². The van der Waals surface area contributed by atoms with Gasteiger partial charge in [-0.2, -0.15) is 9.50 Å². The van der Waals surface area contributed by atoms with Crippen LogP contribution in [0.1, 0.15) is 25.8 Å². The third-order valence-electron chi connectivity index (χ3n) is 4.70. The van der Waals surface area contributed by atoms with Gasteiger partial charge in [0, 0.05) is 10.6 Å². The summed E-state index contributed by atoms with van der Waals surface area (Å²) in [4.78, 5) is 17.9. The molecular formula is C23H22ClN3O3S. The van der Waals surface area contributed by atoms with Crippen molar-refractivity contribution in [1.29, 1.82) is 0 Å². The van der Waals surface area contributed by atoms with Crippen LogP contribution >= 0.6 is 22.9 Å². The first-order valence-corrected chi connectivity index (χ1v) is 11.1. The number of aromatic nitrogens is 3. The molecule has 0 aliphatic carbocycles. The number of rotatable bonds is 7. The van der Waals surface area contributed by atoms with Gasteiger partial charge in [0.1, 0.15) is 0 Å². The zero-order chi connectivity index (χ0) is 22.0. The second-order valence-electron chi connectivity index (χ2n) is 7.50. The zero-order valence-electron chi connectivity index (χ0n) is 17.5. The summed E-state index contributed by atoms with van der Waals surface area (Å²) in [6, 6.07) is 12.9. The number of halogens is 1. The highest BCUT2D eigenvalue weighted by Crippen LogP contribution is 2.29. The largest absolute Gasteiger partial charge is 0.493 e. The molecule has 8 heteroatoms. The minimum Gasteiger partial charge on any atom is -0.493 e. The average molecular weight is 456 g/mol. The second-order valence-corrected chi connectivity index (χ2v) is 8.94. The van der Waals surface area contributed by atoms with Crippen LogP contribution in [-0.4, -0.2) is 28.3 Å². The first-order valence-electron chi connectivity index (χ1n) is 9.92. The van der Waals surface area contributed by atoms with Gasteiger partial charge in [0.15, 0.2) is 17.3 Å². The van der Waals surface area contributed by atoms with Gasteiger partial charge < -0.3 is 9.47 Å². The van der Waals surface area contributed by atoms with Crippen molar-refractivity contribution in [2.45, 2.75) is 20.3 Å². The summed E-state index contributed by atoms with van der Waals surface area (Å²) in [6.45, 7) is 4.94. The molecule has 0 amide bonds. The monoisotopic (exact) mass is 455 g/mol. The van der Waals surface area contributed by atoms with Crippen LogP contribution in [0.4, 0.5) is 0 Å². The summed E-state index contributed by atoms with van der Waals surface area (Å²) in [7, 11) is 1.61. The van der Waals surface area contributed by atoms with E-state index < -0.39 is 0 Å². The van der Waals surface area contributed by atoms with E-state index in [1.807, 2.05) is 36.4 Å². The molecule has 0 radical (unpaired) electrons. The molecule has 2 aromatic carbocycles. The Hall–Kier alpha value is -2.90. The van der Waals surface area contributed by atoms with Crippen LogP contribution in [0.25, 0.3) is 22.4 Å². The SMILES string of the molecule is COc1cc(C=c2sc3nc(-c4cccc(Cl)c4)nn3c2=O)ccc1OCCC(C)C. The van der Waals surface area contributed by atoms with Crippen molar-refractivity contribution in [3.05, 3.63) is 67.9 Å². The number of thiazole rings is 1. The Balaban J connectivity index is 1.64. The number of benzene rings is 2. The molecule has 0 saturated carbocycles. The lowest BCUT2D eigenvalue weighted by atomic mass is 10.1. The number of fused-ring (bicyclic) bond motifs is 1. The van der Waals surface area contributed by atoms with Crippen LogP contribution in [0.2, 0.25) is 5.02 Å². The fraction of sp³-hybridized carbons (Fsp3) is 0.261. The summed E-state index contributed by atoms with van der Waals surface area (Å²) < 4.78 is 13.2. The maximum atomic E-state index is 12.8. The topological polar surface area (TPSA) is 65.7 Å². The number of hydrogen-bond donors (Lipinski definition) is 0. The van der Waals surface area contributed by atoms with Gasteiger partial charge >= 0.3 is 0 Å². The third-order valence-corrected chi connectivity index (χ3v) is 5.90. The Kier molecular flexibility index (Phi) is 6.25. The van der Waals surface area contributed by atoms with E-state index in [1.165, 1.54) is 15.9 Å². The van der Waals surface area contributed by atoms with Crippen LogP contribution < -0.4 is 19.6 Å². The first-order chi connectivity index (χ1) is 14.9. The van der Waals surface area contributed by atoms with E-state index in [2.05, 4.69) is 23.9 Å². The van der Waals surface area contributed by atoms with Gasteiger partial charge in [0.2, 0.25) is 4.96 Å². The number of hydrogen-bond acceptors (Lipinski definition) is 6. The lowest BCUT2D eigenvalue weighted by Crippen LogP contribution is -2.23. The van der Waals surface area contributed by atoms with Gasteiger partial charge in [-0.3, -0.25) is 4.79 Å². The van der Waals surface area contributed by atoms with E-state index in [9.17, 15) is 4.79 Å². The fourth-order valence-electron chi connectivity index (χ4n) is 3.03. The van der Waals surface area contributed by atoms with Crippen molar-refractivity contribution in [3.63, 3.8) is 0 Å². The van der Waals surface area contributed by atoms with Gasteiger partial charge in [-0.1, -0.05) is 55.0 Å². The molecule has 0 fully saturated rings. The summed E-state index contributed by atoms with van der Waals surface area (Å²) in [6.07, 6.45) is 2.78. The molecule has 4 rings (SSSR count). The van der Waals surface area contributed by atoms with E-state index >= 15 is 0 Å². The van der Waals surface area contributed by atoms with E-state index in [0.29, 0.717) is 44.4 Å². The van der Waals surface area contributed by atoms with Crippen LogP contribution in [0.5, 0.6) is 11.5 Å². The average Bonchev–Trinajstić information content (AvgIpc) is 3.28. The number of methoxy groups -OCH3 is 1. The Morgan fingerprint density at radius 1 is 1.19 bits per heavy atom. The molecule has 0 spiro atoms. The van der Waals surface area contributed by atoms with Crippen molar-refractivity contribution < 1.29 is 9.47 Å². The lowest BCUT2D eigenvalue weighted by Gasteiger charge is -2.12. The molecule has 2 aromatic heterocycles. The zero-order valence-corrected chi connectivity index (χ0v) is 19.0. The van der Waals surface area contributed by atoms with Crippen LogP contribution in [0, 0.1) is 5.92 Å². The second kappa shape index (κ2) is 9.08. The Morgan fingerprint density at radius 3 is 2.74 bits per heavy atom. The lowest BCUT2D eigenvalue weighted by molar-refractivity contribution is 0.273. The highest BCUT2D eigenvalue weighted by molar-refractivity contribution is 7.15. The van der Waals surface area contributed by atoms with E-state index in [1.54, 1.807) is 19.2 Å². The third kappa shape index (κ3) is 4.73. The number of nitrogens with zero attached hydrogens (tertiary/aromatic N) is 3. The molecule has 4 aromatic rings. The smallest absolute Gasteiger partial charge is 0.291 e. The normalized spacial score (nSPS) is 12.1. The summed E-state index contributed by atoms with van der Waals surface area (Å²) in [5, 5.41) is 4.96. The van der Waals surface area contributed by atoms with E-state index in [4.69, 9.17) is 21.1 Å². The van der Waals surface area contributed by atoms with Crippen molar-refractivity contribution in [3.8, 4) is 22.9 Å². The molecule has 0 unspecified atom stereocenters. The van der Waals surface area contributed by atoms with Crippen molar-refractivity contribution in [2.75, 3.05) is 13.7 Å².